The fourth-order valence-electron chi connectivity index (χ4n) is 4.57. The summed E-state index contributed by atoms with van der Waals surface area (Å²) in [6.07, 6.45) is -2.30. The Morgan fingerprint density at radius 2 is 1.88 bits per heavy atom. The molecule has 0 spiro atoms. The van der Waals surface area contributed by atoms with Gasteiger partial charge in [-0.05, 0) is 42.2 Å². The van der Waals surface area contributed by atoms with Crippen LogP contribution in [0.2, 0.25) is 0 Å². The molecular weight excluding hydrogens is 446 g/mol. The minimum absolute atomic E-state index is 0.0107. The maximum atomic E-state index is 13.3. The third-order valence-electron chi connectivity index (χ3n) is 6.42. The summed E-state index contributed by atoms with van der Waals surface area (Å²) in [7, 11) is 0. The molecule has 2 fully saturated rings. The highest BCUT2D eigenvalue weighted by molar-refractivity contribution is 5.74. The van der Waals surface area contributed by atoms with Crippen molar-refractivity contribution in [2.45, 2.75) is 51.4 Å². The number of alkyl halides is 3. The third-order valence-corrected chi connectivity index (χ3v) is 6.42. The average Bonchev–Trinajstić information content (AvgIpc) is 2.73. The van der Waals surface area contributed by atoms with Crippen molar-refractivity contribution < 1.29 is 37.0 Å². The molecule has 0 bridgehead atoms. The lowest BCUT2D eigenvalue weighted by atomic mass is 9.68. The van der Waals surface area contributed by atoms with E-state index in [0.29, 0.717) is 36.2 Å². The van der Waals surface area contributed by atoms with Gasteiger partial charge < -0.3 is 25.4 Å². The SMILES string of the molecule is CC1(C)CNC1C1CCN(C(=O)NC2COc3cc(F)ccc3C2)CC1.O=C(O)C(F)(F)F. The van der Waals surface area contributed by atoms with Gasteiger partial charge in [0, 0.05) is 31.7 Å². The molecule has 3 N–H and O–H groups in total. The lowest BCUT2D eigenvalue weighted by Gasteiger charge is -2.51. The van der Waals surface area contributed by atoms with E-state index in [2.05, 4.69) is 24.5 Å². The largest absolute Gasteiger partial charge is 0.491 e. The summed E-state index contributed by atoms with van der Waals surface area (Å²) < 4.78 is 50.6. The van der Waals surface area contributed by atoms with Crippen molar-refractivity contribution in [3.8, 4) is 5.75 Å². The number of amides is 2. The fraction of sp³-hybridized carbons (Fsp3) is 0.636. The molecule has 2 amide bonds. The Bertz CT molecular complexity index is 870. The van der Waals surface area contributed by atoms with E-state index in [1.54, 1.807) is 6.07 Å². The molecule has 2 saturated heterocycles. The van der Waals surface area contributed by atoms with Crippen LogP contribution in [0.4, 0.5) is 22.4 Å². The number of ether oxygens (including phenoxy) is 1. The highest BCUT2D eigenvalue weighted by Crippen LogP contribution is 2.37. The van der Waals surface area contributed by atoms with Gasteiger partial charge >= 0.3 is 18.2 Å². The minimum Gasteiger partial charge on any atom is -0.491 e. The fourth-order valence-corrected chi connectivity index (χ4v) is 4.57. The van der Waals surface area contributed by atoms with E-state index in [1.807, 2.05) is 4.90 Å². The number of piperidine rings is 1. The van der Waals surface area contributed by atoms with Crippen molar-refractivity contribution >= 4 is 12.0 Å². The van der Waals surface area contributed by atoms with Gasteiger partial charge in [0.1, 0.15) is 18.2 Å². The Labute approximate surface area is 189 Å². The monoisotopic (exact) mass is 475 g/mol. The Morgan fingerprint density at radius 1 is 1.24 bits per heavy atom. The number of nitrogens with zero attached hydrogens (tertiary/aromatic N) is 1. The van der Waals surface area contributed by atoms with E-state index < -0.39 is 12.1 Å². The van der Waals surface area contributed by atoms with Crippen molar-refractivity contribution in [1.82, 2.24) is 15.5 Å². The van der Waals surface area contributed by atoms with Crippen molar-refractivity contribution in [2.24, 2.45) is 11.3 Å². The maximum absolute atomic E-state index is 13.3. The zero-order valence-corrected chi connectivity index (χ0v) is 18.5. The smallest absolute Gasteiger partial charge is 0.490 e. The molecule has 184 valence electrons. The number of carbonyl (C=O) groups excluding carboxylic acids is 1. The second-order valence-electron chi connectivity index (χ2n) is 9.39. The Morgan fingerprint density at radius 3 is 2.39 bits per heavy atom. The minimum atomic E-state index is -5.08. The first-order valence-electron chi connectivity index (χ1n) is 10.9. The first-order valence-corrected chi connectivity index (χ1v) is 10.9. The Hall–Kier alpha value is -2.56. The molecule has 0 aromatic heterocycles. The van der Waals surface area contributed by atoms with Crippen LogP contribution in [-0.2, 0) is 11.2 Å². The van der Waals surface area contributed by atoms with Crippen LogP contribution in [0.15, 0.2) is 18.2 Å². The number of benzene rings is 1. The number of likely N-dealkylation sites (tertiary alicyclic amines) is 1. The van der Waals surface area contributed by atoms with Crippen LogP contribution in [0.5, 0.6) is 5.75 Å². The van der Waals surface area contributed by atoms with Gasteiger partial charge in [0.05, 0.1) is 6.04 Å². The molecule has 3 aliphatic heterocycles. The van der Waals surface area contributed by atoms with Crippen LogP contribution < -0.4 is 15.4 Å². The van der Waals surface area contributed by atoms with Crippen LogP contribution in [0.25, 0.3) is 0 Å². The van der Waals surface area contributed by atoms with Crippen molar-refractivity contribution in [3.63, 3.8) is 0 Å². The van der Waals surface area contributed by atoms with Gasteiger partial charge in [-0.1, -0.05) is 19.9 Å². The van der Waals surface area contributed by atoms with Gasteiger partial charge in [-0.2, -0.15) is 13.2 Å². The molecule has 11 heteroatoms. The molecule has 0 saturated carbocycles. The number of aliphatic carboxylic acids is 1. The first kappa shape index (κ1) is 25.1. The van der Waals surface area contributed by atoms with Crippen LogP contribution in [-0.4, -0.2) is 66.5 Å². The summed E-state index contributed by atoms with van der Waals surface area (Å²) >= 11 is 0. The normalized spacial score (nSPS) is 24.4. The summed E-state index contributed by atoms with van der Waals surface area (Å²) in [4.78, 5) is 23.4. The van der Waals surface area contributed by atoms with Crippen LogP contribution in [0.3, 0.4) is 0 Å². The van der Waals surface area contributed by atoms with Crippen molar-refractivity contribution in [1.29, 1.82) is 0 Å². The van der Waals surface area contributed by atoms with Gasteiger partial charge in [-0.15, -0.1) is 0 Å². The number of carboxylic acid groups (broad SMARTS) is 1. The molecule has 3 heterocycles. The molecule has 2 atom stereocenters. The van der Waals surface area contributed by atoms with Crippen molar-refractivity contribution in [2.75, 3.05) is 26.2 Å². The molecule has 0 aliphatic carbocycles. The standard InChI is InChI=1S/C20H28FN3O2.C2HF3O2/c1-20(2)12-22-18(20)13-5-7-24(8-6-13)19(25)23-16-9-14-3-4-15(21)10-17(14)26-11-16;3-2(4,5)1(6)7/h3-4,10,13,16,18,22H,5-9,11-12H2,1-2H3,(H,23,25);(H,6,7). The zero-order chi connectivity index (χ0) is 24.4. The topological polar surface area (TPSA) is 90.9 Å². The second kappa shape index (κ2) is 9.74. The molecule has 4 rings (SSSR count). The van der Waals surface area contributed by atoms with Gasteiger partial charge in [-0.25, -0.2) is 14.0 Å². The van der Waals surface area contributed by atoms with E-state index in [1.165, 1.54) is 12.1 Å². The number of fused-ring (bicyclic) bond motifs is 1. The predicted octanol–water partition coefficient (Wildman–Crippen LogP) is 3.18. The predicted molar refractivity (Wildman–Crippen MR) is 111 cm³/mol. The molecule has 0 radical (unpaired) electrons. The third kappa shape index (κ3) is 6.27. The van der Waals surface area contributed by atoms with Gasteiger partial charge in [0.15, 0.2) is 0 Å². The molecular formula is C22H29F4N3O4. The maximum Gasteiger partial charge on any atom is 0.490 e. The van der Waals surface area contributed by atoms with Gasteiger partial charge in [-0.3, -0.25) is 0 Å². The van der Waals surface area contributed by atoms with Gasteiger partial charge in [0.25, 0.3) is 0 Å². The Balaban J connectivity index is 0.000000383. The first-order chi connectivity index (χ1) is 15.4. The lowest BCUT2D eigenvalue weighted by Crippen LogP contribution is -2.64. The number of hydrogen-bond donors (Lipinski definition) is 3. The summed E-state index contributed by atoms with van der Waals surface area (Å²) in [6, 6.07) is 5.09. The Kier molecular flexibility index (Phi) is 7.40. The molecule has 1 aromatic rings. The van der Waals surface area contributed by atoms with Crippen molar-refractivity contribution in [3.05, 3.63) is 29.6 Å². The number of urea groups is 1. The highest BCUT2D eigenvalue weighted by atomic mass is 19.4. The highest BCUT2D eigenvalue weighted by Gasteiger charge is 2.44. The summed E-state index contributed by atoms with van der Waals surface area (Å²) in [5, 5.41) is 13.8. The average molecular weight is 475 g/mol. The van der Waals surface area contributed by atoms with E-state index in [0.717, 1.165) is 38.0 Å². The number of nitrogens with one attached hydrogen (secondary N) is 2. The molecule has 3 aliphatic rings. The van der Waals surface area contributed by atoms with Crippen LogP contribution >= 0.6 is 0 Å². The molecule has 1 aromatic carbocycles. The molecule has 7 nitrogen and oxygen atoms in total. The van der Waals surface area contributed by atoms with E-state index in [4.69, 9.17) is 14.6 Å². The second-order valence-corrected chi connectivity index (χ2v) is 9.39. The van der Waals surface area contributed by atoms with E-state index in [-0.39, 0.29) is 17.9 Å². The zero-order valence-electron chi connectivity index (χ0n) is 18.5. The van der Waals surface area contributed by atoms with E-state index in [9.17, 15) is 22.4 Å². The molecule has 33 heavy (non-hydrogen) atoms. The van der Waals surface area contributed by atoms with E-state index >= 15 is 0 Å². The number of hydrogen-bond acceptors (Lipinski definition) is 4. The van der Waals surface area contributed by atoms with Crippen LogP contribution in [0, 0.1) is 17.2 Å². The van der Waals surface area contributed by atoms with Crippen LogP contribution in [0.1, 0.15) is 32.3 Å². The summed E-state index contributed by atoms with van der Waals surface area (Å²) in [5.41, 5.74) is 1.32. The summed E-state index contributed by atoms with van der Waals surface area (Å²) in [5.74, 6) is -1.81. The quantitative estimate of drug-likeness (QED) is 0.572. The number of halogens is 4. The number of carboxylic acids is 1. The molecule has 2 unspecified atom stereocenters. The summed E-state index contributed by atoms with van der Waals surface area (Å²) in [6.45, 7) is 7.73. The lowest BCUT2D eigenvalue weighted by molar-refractivity contribution is -0.192. The van der Waals surface area contributed by atoms with Gasteiger partial charge in [0.2, 0.25) is 0 Å². The number of rotatable bonds is 2. The number of carbonyl (C=O) groups is 2.